The number of amides is 1. The highest BCUT2D eigenvalue weighted by Crippen LogP contribution is 2.61. The highest BCUT2D eigenvalue weighted by Gasteiger charge is 2.51. The van der Waals surface area contributed by atoms with Crippen molar-refractivity contribution in [2.45, 2.75) is 64.5 Å². The maximum absolute atomic E-state index is 12.6. The van der Waals surface area contributed by atoms with Crippen LogP contribution in [-0.2, 0) is 20.9 Å². The van der Waals surface area contributed by atoms with Crippen LogP contribution in [-0.4, -0.2) is 25.1 Å². The number of carbonyl (C=O) groups is 2. The lowest BCUT2D eigenvalue weighted by Crippen LogP contribution is -2.47. The first kappa shape index (κ1) is 19.3. The van der Waals surface area contributed by atoms with Crippen LogP contribution in [0.4, 0.5) is 0 Å². The largest absolute Gasteiger partial charge is 0.497 e. The van der Waals surface area contributed by atoms with Crippen molar-refractivity contribution in [3.8, 4) is 5.75 Å². The molecule has 5 rings (SSSR count). The molecule has 0 radical (unpaired) electrons. The van der Waals surface area contributed by atoms with Gasteiger partial charge in [0.1, 0.15) is 5.75 Å². The summed E-state index contributed by atoms with van der Waals surface area (Å²) >= 11 is 0. The van der Waals surface area contributed by atoms with Crippen molar-refractivity contribution in [3.05, 3.63) is 29.8 Å². The van der Waals surface area contributed by atoms with Gasteiger partial charge in [-0.15, -0.1) is 0 Å². The second kappa shape index (κ2) is 7.76. The minimum absolute atomic E-state index is 0.144. The van der Waals surface area contributed by atoms with Crippen LogP contribution in [0.15, 0.2) is 24.3 Å². The summed E-state index contributed by atoms with van der Waals surface area (Å²) in [4.78, 5) is 24.9. The minimum Gasteiger partial charge on any atom is -0.497 e. The molecule has 0 saturated heterocycles. The Labute approximate surface area is 167 Å². The van der Waals surface area contributed by atoms with Crippen LogP contribution >= 0.6 is 0 Å². The molecule has 0 unspecified atom stereocenters. The van der Waals surface area contributed by atoms with Gasteiger partial charge in [0.05, 0.1) is 13.5 Å². The fourth-order valence-electron chi connectivity index (χ4n) is 6.18. The number of carbonyl (C=O) groups excluding carboxylic acids is 2. The fraction of sp³-hybridized carbons (Fsp3) is 0.652. The predicted octanol–water partition coefficient (Wildman–Crippen LogP) is 3.85. The average molecular weight is 386 g/mol. The molecule has 4 aliphatic rings. The van der Waals surface area contributed by atoms with Crippen LogP contribution in [0.1, 0.15) is 57.4 Å². The lowest BCUT2D eigenvalue weighted by Gasteiger charge is -2.56. The maximum atomic E-state index is 12.6. The lowest BCUT2D eigenvalue weighted by molar-refractivity contribution is -0.161. The second-order valence-corrected chi connectivity index (χ2v) is 9.29. The van der Waals surface area contributed by atoms with Crippen LogP contribution in [0.3, 0.4) is 0 Å². The number of rotatable bonds is 7. The molecule has 1 amide bonds. The summed E-state index contributed by atoms with van der Waals surface area (Å²) in [6, 6.07) is 7.53. The van der Waals surface area contributed by atoms with E-state index in [0.29, 0.717) is 13.0 Å². The minimum atomic E-state index is -0.764. The van der Waals surface area contributed by atoms with Gasteiger partial charge in [0, 0.05) is 6.54 Å². The predicted molar refractivity (Wildman–Crippen MR) is 106 cm³/mol. The number of esters is 1. The third-order valence-corrected chi connectivity index (χ3v) is 6.99. The molecule has 1 aromatic rings. The van der Waals surface area contributed by atoms with Crippen LogP contribution in [0.5, 0.6) is 5.75 Å². The maximum Gasteiger partial charge on any atom is 0.307 e. The zero-order valence-electron chi connectivity index (χ0n) is 16.9. The molecule has 5 nitrogen and oxygen atoms in total. The van der Waals surface area contributed by atoms with E-state index < -0.39 is 6.10 Å². The van der Waals surface area contributed by atoms with Gasteiger partial charge >= 0.3 is 5.97 Å². The van der Waals surface area contributed by atoms with E-state index in [-0.39, 0.29) is 17.3 Å². The number of ether oxygens (including phenoxy) is 2. The molecule has 0 spiro atoms. The van der Waals surface area contributed by atoms with Crippen molar-refractivity contribution in [1.82, 2.24) is 5.32 Å². The summed E-state index contributed by atoms with van der Waals surface area (Å²) in [6.45, 7) is 2.06. The number of benzene rings is 1. The molecule has 28 heavy (non-hydrogen) atoms. The van der Waals surface area contributed by atoms with Crippen molar-refractivity contribution in [3.63, 3.8) is 0 Å². The Morgan fingerprint density at radius 1 is 1.07 bits per heavy atom. The molecule has 1 atom stereocenters. The van der Waals surface area contributed by atoms with Crippen molar-refractivity contribution >= 4 is 11.9 Å². The van der Waals surface area contributed by atoms with Crippen LogP contribution in [0.25, 0.3) is 0 Å². The first-order valence-electron chi connectivity index (χ1n) is 10.5. The van der Waals surface area contributed by atoms with Crippen LogP contribution in [0, 0.1) is 23.2 Å². The quantitative estimate of drug-likeness (QED) is 0.724. The molecule has 152 valence electrons. The van der Waals surface area contributed by atoms with E-state index in [4.69, 9.17) is 9.47 Å². The molecule has 1 N–H and O–H groups in total. The van der Waals surface area contributed by atoms with Gasteiger partial charge in [-0.25, -0.2) is 0 Å². The van der Waals surface area contributed by atoms with Gasteiger partial charge in [-0.1, -0.05) is 12.1 Å². The molecule has 0 aromatic heterocycles. The lowest BCUT2D eigenvalue weighted by atomic mass is 9.49. The molecule has 1 aromatic carbocycles. The standard InChI is InChI=1S/C23H31NO4/c1-15(22(26)24-14-16-3-5-20(27-2)6-4-16)28-21(25)13-23-10-17-7-18(11-23)9-19(8-17)12-23/h3-6,15,17-19H,7-14H2,1-2H3,(H,24,26)/t15-,17?,18?,19?,23?/m0/s1. The summed E-state index contributed by atoms with van der Waals surface area (Å²) in [5, 5.41) is 2.84. The molecule has 5 heteroatoms. The van der Waals surface area contributed by atoms with Gasteiger partial charge in [-0.3, -0.25) is 9.59 Å². The SMILES string of the molecule is COc1ccc(CNC(=O)[C@H](C)OC(=O)CC23CC4CC(CC(C4)C2)C3)cc1. The van der Waals surface area contributed by atoms with Crippen molar-refractivity contribution < 1.29 is 19.1 Å². The normalized spacial score (nSPS) is 31.3. The molecule has 4 aliphatic carbocycles. The summed E-state index contributed by atoms with van der Waals surface area (Å²) in [6.07, 6.45) is 7.31. The van der Waals surface area contributed by atoms with E-state index >= 15 is 0 Å². The Morgan fingerprint density at radius 3 is 2.18 bits per heavy atom. The molecular weight excluding hydrogens is 354 g/mol. The van der Waals surface area contributed by atoms with Crippen LogP contribution in [0.2, 0.25) is 0 Å². The number of hydrogen-bond acceptors (Lipinski definition) is 4. The first-order valence-corrected chi connectivity index (χ1v) is 10.5. The third kappa shape index (κ3) is 4.18. The topological polar surface area (TPSA) is 64.6 Å². The Kier molecular flexibility index (Phi) is 5.35. The Bertz CT molecular complexity index is 691. The molecule has 4 saturated carbocycles. The smallest absolute Gasteiger partial charge is 0.307 e. The highest BCUT2D eigenvalue weighted by atomic mass is 16.5. The Morgan fingerprint density at radius 2 is 1.64 bits per heavy atom. The van der Waals surface area contributed by atoms with Gasteiger partial charge in [0.15, 0.2) is 6.10 Å². The highest BCUT2D eigenvalue weighted by molar-refractivity contribution is 5.83. The average Bonchev–Trinajstić information content (AvgIpc) is 2.64. The van der Waals surface area contributed by atoms with Crippen molar-refractivity contribution in [2.75, 3.05) is 7.11 Å². The third-order valence-electron chi connectivity index (χ3n) is 6.99. The van der Waals surface area contributed by atoms with Gasteiger partial charge in [0.25, 0.3) is 5.91 Å². The monoisotopic (exact) mass is 385 g/mol. The molecule has 4 bridgehead atoms. The number of methoxy groups -OCH3 is 1. The summed E-state index contributed by atoms with van der Waals surface area (Å²) in [5.41, 5.74) is 1.12. The number of hydrogen-bond donors (Lipinski definition) is 1. The molecule has 4 fully saturated rings. The van der Waals surface area contributed by atoms with E-state index in [9.17, 15) is 9.59 Å². The van der Waals surface area contributed by atoms with Crippen LogP contribution < -0.4 is 10.1 Å². The van der Waals surface area contributed by atoms with E-state index in [1.165, 1.54) is 38.5 Å². The van der Waals surface area contributed by atoms with E-state index in [1.54, 1.807) is 14.0 Å². The Balaban J connectivity index is 1.25. The Hall–Kier alpha value is -2.04. The number of nitrogens with one attached hydrogen (secondary N) is 1. The summed E-state index contributed by atoms with van der Waals surface area (Å²) < 4.78 is 10.6. The van der Waals surface area contributed by atoms with Gasteiger partial charge in [0.2, 0.25) is 0 Å². The summed E-state index contributed by atoms with van der Waals surface area (Å²) in [7, 11) is 1.62. The van der Waals surface area contributed by atoms with Crippen molar-refractivity contribution in [2.24, 2.45) is 23.2 Å². The zero-order chi connectivity index (χ0) is 19.7. The molecule has 0 heterocycles. The summed E-state index contributed by atoms with van der Waals surface area (Å²) in [5.74, 6) is 2.74. The second-order valence-electron chi connectivity index (χ2n) is 9.29. The first-order chi connectivity index (χ1) is 13.4. The van der Waals surface area contributed by atoms with Gasteiger partial charge in [-0.05, 0) is 86.3 Å². The van der Waals surface area contributed by atoms with Gasteiger partial charge < -0.3 is 14.8 Å². The van der Waals surface area contributed by atoms with Gasteiger partial charge in [-0.2, -0.15) is 0 Å². The van der Waals surface area contributed by atoms with E-state index in [2.05, 4.69) is 5.32 Å². The fourth-order valence-corrected chi connectivity index (χ4v) is 6.18. The van der Waals surface area contributed by atoms with Crippen molar-refractivity contribution in [1.29, 1.82) is 0 Å². The van der Waals surface area contributed by atoms with E-state index in [1.807, 2.05) is 24.3 Å². The molecule has 0 aliphatic heterocycles. The van der Waals surface area contributed by atoms with E-state index in [0.717, 1.165) is 29.1 Å². The molecular formula is C23H31NO4. The zero-order valence-corrected chi connectivity index (χ0v) is 16.9.